The van der Waals surface area contributed by atoms with Crippen LogP contribution in [0.25, 0.3) is 0 Å². The molecule has 2 fully saturated rings. The molecule has 1 saturated heterocycles. The monoisotopic (exact) mass is 246 g/mol. The van der Waals surface area contributed by atoms with Crippen molar-refractivity contribution in [2.24, 2.45) is 0 Å². The Bertz CT molecular complexity index is 395. The van der Waals surface area contributed by atoms with Gasteiger partial charge in [-0.1, -0.05) is 25.0 Å². The standard InChI is InChI=1S/C15H22N2O/c1-18-14-6-4-12(5-7-14)10-13-11-16-15(17-13)8-2-3-9-15/h4-7,13,16-17H,2-3,8-11H2,1H3/t13-/m0/s1. The predicted molar refractivity (Wildman–Crippen MR) is 72.8 cm³/mol. The fraction of sp³-hybridized carbons (Fsp3) is 0.600. The molecule has 0 radical (unpaired) electrons. The lowest BCUT2D eigenvalue weighted by atomic mass is 10.1. The molecule has 0 amide bonds. The van der Waals surface area contributed by atoms with Gasteiger partial charge in [0.1, 0.15) is 5.75 Å². The zero-order valence-electron chi connectivity index (χ0n) is 11.0. The van der Waals surface area contributed by atoms with Crippen LogP contribution in [0.2, 0.25) is 0 Å². The van der Waals surface area contributed by atoms with E-state index in [0.717, 1.165) is 18.7 Å². The van der Waals surface area contributed by atoms with Gasteiger partial charge in [0.15, 0.2) is 0 Å². The molecule has 1 aliphatic carbocycles. The van der Waals surface area contributed by atoms with Crippen LogP contribution in [0, 0.1) is 0 Å². The Labute approximate surface area is 109 Å². The van der Waals surface area contributed by atoms with Crippen LogP contribution in [-0.2, 0) is 6.42 Å². The van der Waals surface area contributed by atoms with Crippen LogP contribution >= 0.6 is 0 Å². The lowest BCUT2D eigenvalue weighted by molar-refractivity contribution is 0.331. The van der Waals surface area contributed by atoms with E-state index < -0.39 is 0 Å². The van der Waals surface area contributed by atoms with Crippen molar-refractivity contribution >= 4 is 0 Å². The zero-order valence-corrected chi connectivity index (χ0v) is 11.0. The van der Waals surface area contributed by atoms with E-state index in [1.807, 2.05) is 12.1 Å². The van der Waals surface area contributed by atoms with Gasteiger partial charge in [-0.3, -0.25) is 10.6 Å². The van der Waals surface area contributed by atoms with Crippen LogP contribution in [0.5, 0.6) is 5.75 Å². The molecule has 2 N–H and O–H groups in total. The van der Waals surface area contributed by atoms with E-state index in [4.69, 9.17) is 4.74 Å². The molecule has 1 aromatic carbocycles. The molecule has 1 spiro atoms. The summed E-state index contributed by atoms with van der Waals surface area (Å²) in [6, 6.07) is 8.99. The van der Waals surface area contributed by atoms with Crippen molar-refractivity contribution in [3.63, 3.8) is 0 Å². The van der Waals surface area contributed by atoms with Gasteiger partial charge in [0.2, 0.25) is 0 Å². The molecule has 1 saturated carbocycles. The van der Waals surface area contributed by atoms with E-state index in [9.17, 15) is 0 Å². The number of hydrogen-bond acceptors (Lipinski definition) is 3. The molecule has 3 rings (SSSR count). The molecule has 2 aliphatic rings. The van der Waals surface area contributed by atoms with Crippen molar-refractivity contribution in [2.45, 2.75) is 43.8 Å². The maximum atomic E-state index is 5.19. The van der Waals surface area contributed by atoms with Gasteiger partial charge in [0.25, 0.3) is 0 Å². The average molecular weight is 246 g/mol. The molecule has 0 unspecified atom stereocenters. The number of nitrogens with one attached hydrogen (secondary N) is 2. The summed E-state index contributed by atoms with van der Waals surface area (Å²) in [5.74, 6) is 0.934. The van der Waals surface area contributed by atoms with Crippen molar-refractivity contribution < 1.29 is 4.74 Å². The average Bonchev–Trinajstić information content (AvgIpc) is 3.02. The van der Waals surface area contributed by atoms with E-state index in [1.165, 1.54) is 31.2 Å². The second kappa shape index (κ2) is 4.90. The van der Waals surface area contributed by atoms with E-state index >= 15 is 0 Å². The minimum absolute atomic E-state index is 0.261. The SMILES string of the molecule is COc1ccc(C[C@H]2CNC3(CCCC3)N2)cc1. The molecule has 1 heterocycles. The Morgan fingerprint density at radius 2 is 1.94 bits per heavy atom. The quantitative estimate of drug-likeness (QED) is 0.856. The van der Waals surface area contributed by atoms with Crippen LogP contribution in [0.1, 0.15) is 31.2 Å². The number of hydrogen-bond donors (Lipinski definition) is 2. The van der Waals surface area contributed by atoms with Crippen LogP contribution in [0.15, 0.2) is 24.3 Å². The van der Waals surface area contributed by atoms with Gasteiger partial charge in [-0.15, -0.1) is 0 Å². The maximum absolute atomic E-state index is 5.19. The van der Waals surface area contributed by atoms with Gasteiger partial charge in [-0.25, -0.2) is 0 Å². The summed E-state index contributed by atoms with van der Waals surface area (Å²) in [5, 5.41) is 7.49. The summed E-state index contributed by atoms with van der Waals surface area (Å²) in [6.45, 7) is 1.09. The van der Waals surface area contributed by atoms with Gasteiger partial charge < -0.3 is 4.74 Å². The number of ether oxygens (including phenoxy) is 1. The number of benzene rings is 1. The van der Waals surface area contributed by atoms with Gasteiger partial charge in [0.05, 0.1) is 12.8 Å². The van der Waals surface area contributed by atoms with Crippen LogP contribution in [-0.4, -0.2) is 25.4 Å². The van der Waals surface area contributed by atoms with Gasteiger partial charge >= 0.3 is 0 Å². The smallest absolute Gasteiger partial charge is 0.118 e. The lowest BCUT2D eigenvalue weighted by Gasteiger charge is -2.24. The lowest BCUT2D eigenvalue weighted by Crippen LogP contribution is -2.47. The number of methoxy groups -OCH3 is 1. The highest BCUT2D eigenvalue weighted by Gasteiger charge is 2.39. The van der Waals surface area contributed by atoms with E-state index in [2.05, 4.69) is 22.8 Å². The van der Waals surface area contributed by atoms with Gasteiger partial charge in [-0.05, 0) is 37.0 Å². The highest BCUT2D eigenvalue weighted by atomic mass is 16.5. The minimum atomic E-state index is 0.261. The molecule has 18 heavy (non-hydrogen) atoms. The van der Waals surface area contributed by atoms with E-state index in [-0.39, 0.29) is 5.66 Å². The molecule has 98 valence electrons. The predicted octanol–water partition coefficient (Wildman–Crippen LogP) is 2.07. The summed E-state index contributed by atoms with van der Waals surface area (Å²) in [7, 11) is 1.71. The zero-order chi connectivity index (χ0) is 12.4. The Morgan fingerprint density at radius 1 is 1.22 bits per heavy atom. The van der Waals surface area contributed by atoms with Crippen molar-refractivity contribution in [3.8, 4) is 5.75 Å². The molecule has 1 atom stereocenters. The molecular weight excluding hydrogens is 224 g/mol. The highest BCUT2D eigenvalue weighted by Crippen LogP contribution is 2.30. The molecule has 1 aliphatic heterocycles. The first-order chi connectivity index (χ1) is 8.80. The normalized spacial score (nSPS) is 25.7. The molecular formula is C15H22N2O. The summed E-state index contributed by atoms with van der Waals surface area (Å²) in [4.78, 5) is 0. The van der Waals surface area contributed by atoms with Crippen molar-refractivity contribution in [1.82, 2.24) is 10.6 Å². The topological polar surface area (TPSA) is 33.3 Å². The van der Waals surface area contributed by atoms with Crippen molar-refractivity contribution in [1.29, 1.82) is 0 Å². The Morgan fingerprint density at radius 3 is 2.61 bits per heavy atom. The Hall–Kier alpha value is -1.06. The second-order valence-corrected chi connectivity index (χ2v) is 5.56. The fourth-order valence-electron chi connectivity index (χ4n) is 3.28. The minimum Gasteiger partial charge on any atom is -0.497 e. The third-order valence-electron chi connectivity index (χ3n) is 4.27. The first-order valence-electron chi connectivity index (χ1n) is 6.95. The third-order valence-corrected chi connectivity index (χ3v) is 4.27. The van der Waals surface area contributed by atoms with Crippen LogP contribution in [0.3, 0.4) is 0 Å². The Balaban J connectivity index is 1.60. The third kappa shape index (κ3) is 2.38. The Kier molecular flexibility index (Phi) is 3.27. The highest BCUT2D eigenvalue weighted by molar-refractivity contribution is 5.28. The largest absolute Gasteiger partial charge is 0.497 e. The summed E-state index contributed by atoms with van der Waals surface area (Å²) in [5.41, 5.74) is 1.64. The molecule has 3 nitrogen and oxygen atoms in total. The van der Waals surface area contributed by atoms with Gasteiger partial charge in [-0.2, -0.15) is 0 Å². The molecule has 1 aromatic rings. The van der Waals surface area contributed by atoms with E-state index in [0.29, 0.717) is 6.04 Å². The summed E-state index contributed by atoms with van der Waals surface area (Å²) in [6.07, 6.45) is 6.38. The molecule has 0 bridgehead atoms. The molecule has 3 heteroatoms. The number of rotatable bonds is 3. The first kappa shape index (κ1) is 12.0. The first-order valence-corrected chi connectivity index (χ1v) is 6.95. The van der Waals surface area contributed by atoms with Crippen molar-refractivity contribution in [2.75, 3.05) is 13.7 Å². The van der Waals surface area contributed by atoms with Crippen LogP contribution < -0.4 is 15.4 Å². The summed E-state index contributed by atoms with van der Waals surface area (Å²) < 4.78 is 5.19. The maximum Gasteiger partial charge on any atom is 0.118 e. The second-order valence-electron chi connectivity index (χ2n) is 5.56. The van der Waals surface area contributed by atoms with Crippen molar-refractivity contribution in [3.05, 3.63) is 29.8 Å². The van der Waals surface area contributed by atoms with Gasteiger partial charge in [0, 0.05) is 12.6 Å². The molecule has 0 aromatic heterocycles. The fourth-order valence-corrected chi connectivity index (χ4v) is 3.28. The van der Waals surface area contributed by atoms with E-state index in [1.54, 1.807) is 7.11 Å². The summed E-state index contributed by atoms with van der Waals surface area (Å²) >= 11 is 0. The van der Waals surface area contributed by atoms with Crippen LogP contribution in [0.4, 0.5) is 0 Å².